The molecule has 2 bridgehead atoms. The van der Waals surface area contributed by atoms with Crippen LogP contribution < -0.4 is 5.73 Å². The molecule has 4 aliphatic carbocycles. The Kier molecular flexibility index (Phi) is 9.18. The van der Waals surface area contributed by atoms with Crippen LogP contribution in [0.1, 0.15) is 114 Å². The number of carboxylic acid groups (broad SMARTS) is 1. The van der Waals surface area contributed by atoms with E-state index in [1.165, 1.54) is 5.57 Å². The van der Waals surface area contributed by atoms with E-state index in [4.69, 9.17) is 25.3 Å². The van der Waals surface area contributed by atoms with Gasteiger partial charge in [-0.25, -0.2) is 9.67 Å². The van der Waals surface area contributed by atoms with Gasteiger partial charge in [-0.05, 0) is 103 Å². The Hall–Kier alpha value is -2.69. The normalized spacial score (nSPS) is 41.7. The second-order valence-electron chi connectivity index (χ2n) is 19.6. The summed E-state index contributed by atoms with van der Waals surface area (Å²) in [5.74, 6) is 1.19. The Morgan fingerprint density at radius 3 is 2.52 bits per heavy atom. The van der Waals surface area contributed by atoms with Gasteiger partial charge in [0.05, 0.1) is 37.9 Å². The SMILES string of the molecule is CC(C)[C@@H](C)[C@@]1(C)CC[C@]2(C)[C@H]3CC[C@@H]4[C@@]5(COC[C@@]4(C)[C@@H](OC[C@](C)(N)C(C)C)[C@H](n4ncnc4-c4cccnn4)C5)C3=CC[C@@]2(C)[C@@H]1C(=O)O. The Morgan fingerprint density at radius 2 is 1.87 bits per heavy atom. The van der Waals surface area contributed by atoms with Crippen LogP contribution in [0.5, 0.6) is 0 Å². The lowest BCUT2D eigenvalue weighted by Crippen LogP contribution is -2.69. The highest BCUT2D eigenvalue weighted by molar-refractivity contribution is 5.73. The van der Waals surface area contributed by atoms with Gasteiger partial charge in [-0.15, -0.1) is 5.10 Å². The molecule has 0 amide bonds. The van der Waals surface area contributed by atoms with Crippen LogP contribution in [0.15, 0.2) is 36.3 Å². The molecule has 5 aliphatic rings. The Labute approximate surface area is 311 Å². The third-order valence-corrected chi connectivity index (χ3v) is 16.7. The van der Waals surface area contributed by atoms with Gasteiger partial charge in [-0.2, -0.15) is 10.2 Å². The summed E-state index contributed by atoms with van der Waals surface area (Å²) >= 11 is 0. The molecule has 3 N–H and O–H groups in total. The molecule has 10 heteroatoms. The van der Waals surface area contributed by atoms with Crippen LogP contribution in [0.2, 0.25) is 0 Å². The van der Waals surface area contributed by atoms with E-state index >= 15 is 0 Å². The number of allylic oxidation sites excluding steroid dienone is 1. The third-order valence-electron chi connectivity index (χ3n) is 16.7. The number of hydrogen-bond donors (Lipinski definition) is 2. The van der Waals surface area contributed by atoms with Gasteiger partial charge in [-0.1, -0.05) is 74.0 Å². The first-order valence-corrected chi connectivity index (χ1v) is 20.0. The quantitative estimate of drug-likeness (QED) is 0.251. The molecule has 0 aromatic carbocycles. The molecule has 1 saturated heterocycles. The van der Waals surface area contributed by atoms with Crippen molar-refractivity contribution < 1.29 is 19.4 Å². The van der Waals surface area contributed by atoms with Crippen LogP contribution in [0.4, 0.5) is 0 Å². The van der Waals surface area contributed by atoms with Crippen molar-refractivity contribution in [3.05, 3.63) is 36.3 Å². The molecule has 2 aromatic rings. The lowest BCUT2D eigenvalue weighted by molar-refractivity contribution is -0.252. The monoisotopic (exact) mass is 716 g/mol. The lowest BCUT2D eigenvalue weighted by atomic mass is 9.34. The molecule has 0 unspecified atom stereocenters. The molecule has 10 nitrogen and oxygen atoms in total. The summed E-state index contributed by atoms with van der Waals surface area (Å²) in [6, 6.07) is 3.67. The average molecular weight is 717 g/mol. The number of fused-ring (bicyclic) bond motifs is 3. The fraction of sp³-hybridized carbons (Fsp3) is 0.786. The minimum absolute atomic E-state index is 0.151. The second kappa shape index (κ2) is 12.7. The van der Waals surface area contributed by atoms with Gasteiger partial charge in [0.1, 0.15) is 12.0 Å². The van der Waals surface area contributed by atoms with Crippen LogP contribution >= 0.6 is 0 Å². The van der Waals surface area contributed by atoms with Gasteiger partial charge < -0.3 is 20.3 Å². The van der Waals surface area contributed by atoms with E-state index in [9.17, 15) is 9.90 Å². The molecule has 286 valence electrons. The topological polar surface area (TPSA) is 138 Å². The van der Waals surface area contributed by atoms with Crippen molar-refractivity contribution in [3.8, 4) is 11.5 Å². The molecule has 7 rings (SSSR count). The van der Waals surface area contributed by atoms with E-state index in [0.29, 0.717) is 49.1 Å². The number of carbonyl (C=O) groups is 1. The van der Waals surface area contributed by atoms with E-state index in [1.807, 2.05) is 12.1 Å². The van der Waals surface area contributed by atoms with Gasteiger partial charge in [0.2, 0.25) is 0 Å². The molecule has 12 atom stereocenters. The zero-order valence-electron chi connectivity index (χ0n) is 33.4. The first-order chi connectivity index (χ1) is 24.4. The number of rotatable bonds is 9. The van der Waals surface area contributed by atoms with E-state index in [2.05, 4.69) is 90.2 Å². The number of aromatic nitrogens is 5. The largest absolute Gasteiger partial charge is 0.481 e. The van der Waals surface area contributed by atoms with Crippen molar-refractivity contribution in [2.45, 2.75) is 125 Å². The maximum atomic E-state index is 13.5. The number of nitrogens with zero attached hydrogens (tertiary/aromatic N) is 5. The fourth-order valence-corrected chi connectivity index (χ4v) is 12.7. The predicted octanol–water partition coefficient (Wildman–Crippen LogP) is 7.62. The minimum atomic E-state index is -0.630. The molecule has 4 fully saturated rings. The van der Waals surface area contributed by atoms with Gasteiger partial charge >= 0.3 is 5.97 Å². The Balaban J connectivity index is 1.35. The Morgan fingerprint density at radius 1 is 1.12 bits per heavy atom. The molecule has 1 aliphatic heterocycles. The molecule has 2 aromatic heterocycles. The van der Waals surface area contributed by atoms with Crippen molar-refractivity contribution in [2.24, 2.45) is 68.3 Å². The summed E-state index contributed by atoms with van der Waals surface area (Å²) in [4.78, 5) is 18.3. The maximum Gasteiger partial charge on any atom is 0.307 e. The van der Waals surface area contributed by atoms with Crippen LogP contribution in [0.3, 0.4) is 0 Å². The summed E-state index contributed by atoms with van der Waals surface area (Å²) in [5.41, 5.74) is 7.15. The van der Waals surface area contributed by atoms with E-state index in [-0.39, 0.29) is 51.1 Å². The predicted molar refractivity (Wildman–Crippen MR) is 201 cm³/mol. The number of hydrogen-bond acceptors (Lipinski definition) is 8. The number of ether oxygens (including phenoxy) is 2. The first-order valence-electron chi connectivity index (χ1n) is 20.0. The van der Waals surface area contributed by atoms with Gasteiger partial charge in [0.15, 0.2) is 5.82 Å². The number of aliphatic carboxylic acids is 1. The lowest BCUT2D eigenvalue weighted by Gasteiger charge is -2.71. The van der Waals surface area contributed by atoms with Crippen LogP contribution in [0.25, 0.3) is 11.5 Å². The van der Waals surface area contributed by atoms with Crippen LogP contribution in [0, 0.1) is 62.6 Å². The summed E-state index contributed by atoms with van der Waals surface area (Å²) in [7, 11) is 0. The van der Waals surface area contributed by atoms with E-state index in [0.717, 1.165) is 38.5 Å². The highest BCUT2D eigenvalue weighted by Gasteiger charge is 2.72. The summed E-state index contributed by atoms with van der Waals surface area (Å²) in [5, 5.41) is 24.7. The number of carboxylic acids is 1. The molecule has 3 heterocycles. The van der Waals surface area contributed by atoms with Gasteiger partial charge in [-0.3, -0.25) is 4.79 Å². The smallest absolute Gasteiger partial charge is 0.307 e. The molecule has 0 spiro atoms. The summed E-state index contributed by atoms with van der Waals surface area (Å²) in [6.07, 6.45) is 11.2. The molecule has 3 saturated carbocycles. The minimum Gasteiger partial charge on any atom is -0.481 e. The second-order valence-corrected chi connectivity index (χ2v) is 19.6. The fourth-order valence-electron chi connectivity index (χ4n) is 12.7. The van der Waals surface area contributed by atoms with Gasteiger partial charge in [0.25, 0.3) is 0 Å². The Bertz CT molecular complexity index is 1690. The maximum absolute atomic E-state index is 13.5. The van der Waals surface area contributed by atoms with Crippen molar-refractivity contribution in [1.82, 2.24) is 25.0 Å². The third kappa shape index (κ3) is 5.23. The molecular weight excluding hydrogens is 653 g/mol. The van der Waals surface area contributed by atoms with E-state index < -0.39 is 17.4 Å². The van der Waals surface area contributed by atoms with Gasteiger partial charge in [0, 0.05) is 22.6 Å². The average Bonchev–Trinajstić information content (AvgIpc) is 3.58. The number of nitrogens with two attached hydrogens (primary N) is 1. The molecule has 52 heavy (non-hydrogen) atoms. The van der Waals surface area contributed by atoms with Crippen LogP contribution in [-0.2, 0) is 14.3 Å². The van der Waals surface area contributed by atoms with Crippen molar-refractivity contribution in [3.63, 3.8) is 0 Å². The van der Waals surface area contributed by atoms with E-state index in [1.54, 1.807) is 12.5 Å². The first kappa shape index (κ1) is 37.6. The standard InChI is InChI=1S/C42H64N6O4/c1-25(2)27(5)37(6)17-18-39(8)28-13-14-32-38(7)21-51-23-42(32,29(28)15-16-40(39,9)33(37)36(49)50)20-31(34(38)52-22-41(10,43)26(3)4)48-35(44-24-46-48)30-12-11-19-45-47-30/h11-12,15,19,24-28,31-34H,13-14,16-18,20-23,43H2,1-10H3,(H,49,50)/t27-,28+,31-,32+,33-,34+,37-,38-,39-,40+,41+,42+/m1/s1. The highest BCUT2D eigenvalue weighted by atomic mass is 16.5. The zero-order chi connectivity index (χ0) is 37.6. The van der Waals surface area contributed by atoms with Crippen molar-refractivity contribution >= 4 is 5.97 Å². The summed E-state index contributed by atoms with van der Waals surface area (Å²) in [6.45, 7) is 24.3. The summed E-state index contributed by atoms with van der Waals surface area (Å²) < 4.78 is 15.9. The molecular formula is C42H64N6O4. The zero-order valence-corrected chi connectivity index (χ0v) is 33.4. The van der Waals surface area contributed by atoms with Crippen molar-refractivity contribution in [1.29, 1.82) is 0 Å². The molecule has 0 radical (unpaired) electrons. The highest BCUT2D eigenvalue weighted by Crippen LogP contribution is 2.75. The van der Waals surface area contributed by atoms with Crippen molar-refractivity contribution in [2.75, 3.05) is 19.8 Å². The van der Waals surface area contributed by atoms with Crippen LogP contribution in [-0.4, -0.2) is 67.5 Å².